The molecule has 2 aromatic carbocycles. The minimum Gasteiger partial charge on any atom is -0.396 e. The van der Waals surface area contributed by atoms with Crippen molar-refractivity contribution in [3.8, 4) is 11.1 Å². The van der Waals surface area contributed by atoms with Gasteiger partial charge in [-0.3, -0.25) is 9.78 Å². The Balaban J connectivity index is 1.60. The van der Waals surface area contributed by atoms with Crippen LogP contribution in [-0.4, -0.2) is 22.5 Å². The summed E-state index contributed by atoms with van der Waals surface area (Å²) >= 11 is 6.30. The van der Waals surface area contributed by atoms with E-state index in [0.29, 0.717) is 24.3 Å². The number of aliphatic hydroxyl groups is 1. The maximum atomic E-state index is 11.7. The van der Waals surface area contributed by atoms with Crippen molar-refractivity contribution in [3.63, 3.8) is 0 Å². The molecular weight excluding hydrogens is 358 g/mol. The maximum Gasteiger partial charge on any atom is 0.141 e. The van der Waals surface area contributed by atoms with Gasteiger partial charge in [0.2, 0.25) is 0 Å². The highest BCUT2D eigenvalue weighted by molar-refractivity contribution is 6.31. The molecule has 136 valence electrons. The van der Waals surface area contributed by atoms with Gasteiger partial charge >= 0.3 is 0 Å². The molecule has 4 heteroatoms. The summed E-state index contributed by atoms with van der Waals surface area (Å²) < 4.78 is 0. The summed E-state index contributed by atoms with van der Waals surface area (Å²) in [6, 6.07) is 15.9. The summed E-state index contributed by atoms with van der Waals surface area (Å²) in [5, 5.41) is 10.5. The fourth-order valence-electron chi connectivity index (χ4n) is 3.75. The van der Waals surface area contributed by atoms with Crippen molar-refractivity contribution >= 4 is 17.4 Å². The Hall–Kier alpha value is -2.49. The average molecular weight is 378 g/mol. The Morgan fingerprint density at radius 2 is 1.81 bits per heavy atom. The molecule has 0 bridgehead atoms. The molecule has 1 N–H and O–H groups in total. The van der Waals surface area contributed by atoms with Crippen LogP contribution in [0.4, 0.5) is 0 Å². The van der Waals surface area contributed by atoms with Gasteiger partial charge < -0.3 is 5.11 Å². The Morgan fingerprint density at radius 3 is 2.63 bits per heavy atom. The monoisotopic (exact) mass is 377 g/mol. The zero-order valence-electron chi connectivity index (χ0n) is 14.9. The van der Waals surface area contributed by atoms with E-state index in [4.69, 9.17) is 11.6 Å². The first-order chi connectivity index (χ1) is 13.1. The maximum absolute atomic E-state index is 11.7. The van der Waals surface area contributed by atoms with Gasteiger partial charge in [-0.05, 0) is 46.4 Å². The van der Waals surface area contributed by atoms with Crippen LogP contribution in [0.5, 0.6) is 0 Å². The van der Waals surface area contributed by atoms with E-state index in [1.54, 1.807) is 0 Å². The molecular formula is C23H20ClNO2. The summed E-state index contributed by atoms with van der Waals surface area (Å²) in [6.45, 7) is 0.0227. The SMILES string of the molecule is O=C1Cc2ccc(-c3cncc(C[C@H](CO)c4ccccc4Cl)c3)cc2C1. The molecule has 3 nitrogen and oxygen atoms in total. The lowest BCUT2D eigenvalue weighted by molar-refractivity contribution is -0.117. The Bertz CT molecular complexity index is 999. The van der Waals surface area contributed by atoms with Crippen molar-refractivity contribution in [1.82, 2.24) is 4.98 Å². The number of pyridine rings is 1. The van der Waals surface area contributed by atoms with Crippen molar-refractivity contribution in [2.24, 2.45) is 0 Å². The van der Waals surface area contributed by atoms with E-state index < -0.39 is 0 Å². The molecule has 0 spiro atoms. The summed E-state index contributed by atoms with van der Waals surface area (Å²) in [4.78, 5) is 16.1. The molecule has 0 saturated heterocycles. The number of fused-ring (bicyclic) bond motifs is 1. The van der Waals surface area contributed by atoms with Crippen LogP contribution < -0.4 is 0 Å². The van der Waals surface area contributed by atoms with Crippen molar-refractivity contribution in [3.05, 3.63) is 88.2 Å². The number of aliphatic hydroxyl groups excluding tert-OH is 1. The summed E-state index contributed by atoms with van der Waals surface area (Å²) in [6.07, 6.45) is 5.40. The molecule has 0 unspecified atom stereocenters. The highest BCUT2D eigenvalue weighted by Crippen LogP contribution is 2.30. The van der Waals surface area contributed by atoms with Crippen molar-refractivity contribution in [2.75, 3.05) is 6.61 Å². The third-order valence-electron chi connectivity index (χ3n) is 5.16. The minimum absolute atomic E-state index is 0.0227. The number of rotatable bonds is 5. The van der Waals surface area contributed by atoms with E-state index in [1.807, 2.05) is 42.7 Å². The Morgan fingerprint density at radius 1 is 1.00 bits per heavy atom. The fraction of sp³-hybridized carbons (Fsp3) is 0.217. The van der Waals surface area contributed by atoms with Gasteiger partial charge in [0.25, 0.3) is 0 Å². The van der Waals surface area contributed by atoms with Crippen LogP contribution in [0.25, 0.3) is 11.1 Å². The van der Waals surface area contributed by atoms with Gasteiger partial charge in [0.15, 0.2) is 0 Å². The first-order valence-electron chi connectivity index (χ1n) is 9.07. The molecule has 0 amide bonds. The molecule has 0 fully saturated rings. The van der Waals surface area contributed by atoms with Crippen LogP contribution in [0.3, 0.4) is 0 Å². The Labute approximate surface area is 163 Å². The van der Waals surface area contributed by atoms with E-state index in [-0.39, 0.29) is 18.3 Å². The zero-order valence-corrected chi connectivity index (χ0v) is 15.6. The third-order valence-corrected chi connectivity index (χ3v) is 5.50. The Kier molecular flexibility index (Phi) is 5.06. The molecule has 1 atom stereocenters. The molecule has 1 heterocycles. The lowest BCUT2D eigenvalue weighted by Gasteiger charge is -2.16. The van der Waals surface area contributed by atoms with Gasteiger partial charge in [-0.15, -0.1) is 0 Å². The summed E-state index contributed by atoms with van der Waals surface area (Å²) in [7, 11) is 0. The number of benzene rings is 2. The molecule has 1 aliphatic rings. The second-order valence-electron chi connectivity index (χ2n) is 7.06. The number of carbonyl (C=O) groups excluding carboxylic acids is 1. The largest absolute Gasteiger partial charge is 0.396 e. The highest BCUT2D eigenvalue weighted by Gasteiger charge is 2.19. The molecule has 0 radical (unpaired) electrons. The van der Waals surface area contributed by atoms with Crippen molar-refractivity contribution in [1.29, 1.82) is 0 Å². The number of hydrogen-bond acceptors (Lipinski definition) is 3. The third kappa shape index (κ3) is 3.80. The average Bonchev–Trinajstić information content (AvgIpc) is 3.06. The molecule has 0 saturated carbocycles. The standard InChI is InChI=1S/C23H20ClNO2/c24-23-4-2-1-3-22(23)20(14-26)8-15-7-19(13-25-12-15)16-5-6-17-10-21(27)11-18(17)9-16/h1-7,9,12-13,20,26H,8,10-11,14H2/t20-/m1/s1. The van der Waals surface area contributed by atoms with Crippen LogP contribution in [0.15, 0.2) is 60.9 Å². The predicted molar refractivity (Wildman–Crippen MR) is 107 cm³/mol. The van der Waals surface area contributed by atoms with Crippen molar-refractivity contribution in [2.45, 2.75) is 25.2 Å². The number of nitrogens with zero attached hydrogens (tertiary/aromatic N) is 1. The van der Waals surface area contributed by atoms with E-state index >= 15 is 0 Å². The number of Topliss-reactive ketones (excluding diaryl/α,β-unsaturated/α-hetero) is 1. The lowest BCUT2D eigenvalue weighted by atomic mass is 9.92. The van der Waals surface area contributed by atoms with E-state index in [2.05, 4.69) is 23.2 Å². The molecule has 0 aliphatic heterocycles. The first kappa shape index (κ1) is 17.9. The first-order valence-corrected chi connectivity index (χ1v) is 9.45. The molecule has 1 aliphatic carbocycles. The summed E-state index contributed by atoms with van der Waals surface area (Å²) in [5.74, 6) is 0.202. The molecule has 27 heavy (non-hydrogen) atoms. The van der Waals surface area contributed by atoms with Gasteiger partial charge in [0.05, 0.1) is 6.61 Å². The number of hydrogen-bond donors (Lipinski definition) is 1. The van der Waals surface area contributed by atoms with Crippen LogP contribution in [-0.2, 0) is 24.1 Å². The van der Waals surface area contributed by atoms with Gasteiger partial charge in [-0.2, -0.15) is 0 Å². The molecule has 3 aromatic rings. The minimum atomic E-state index is -0.0756. The van der Waals surface area contributed by atoms with Crippen LogP contribution in [0.2, 0.25) is 5.02 Å². The second kappa shape index (κ2) is 7.63. The molecule has 1 aromatic heterocycles. The van der Waals surface area contributed by atoms with Crippen LogP contribution >= 0.6 is 11.6 Å². The number of aromatic nitrogens is 1. The summed E-state index contributed by atoms with van der Waals surface area (Å²) in [5.41, 5.74) is 6.33. The highest BCUT2D eigenvalue weighted by atomic mass is 35.5. The van der Waals surface area contributed by atoms with Gasteiger partial charge in [-0.1, -0.05) is 48.0 Å². The van der Waals surface area contributed by atoms with Crippen molar-refractivity contribution < 1.29 is 9.90 Å². The van der Waals surface area contributed by atoms with Gasteiger partial charge in [-0.25, -0.2) is 0 Å². The van der Waals surface area contributed by atoms with E-state index in [1.165, 1.54) is 0 Å². The smallest absolute Gasteiger partial charge is 0.141 e. The van der Waals surface area contributed by atoms with Gasteiger partial charge in [0.1, 0.15) is 5.78 Å². The van der Waals surface area contributed by atoms with Crippen LogP contribution in [0.1, 0.15) is 28.2 Å². The topological polar surface area (TPSA) is 50.2 Å². The van der Waals surface area contributed by atoms with Crippen LogP contribution in [0, 0.1) is 0 Å². The normalized spacial score (nSPS) is 14.2. The quantitative estimate of drug-likeness (QED) is 0.717. The number of carbonyl (C=O) groups is 1. The van der Waals surface area contributed by atoms with Gasteiger partial charge in [0, 0.05) is 41.7 Å². The lowest BCUT2D eigenvalue weighted by Crippen LogP contribution is -2.08. The number of halogens is 1. The second-order valence-corrected chi connectivity index (χ2v) is 7.47. The van der Waals surface area contributed by atoms with E-state index in [9.17, 15) is 9.90 Å². The fourth-order valence-corrected chi connectivity index (χ4v) is 4.04. The number of ketones is 1. The predicted octanol–water partition coefficient (Wildman–Crippen LogP) is 4.39. The molecule has 4 rings (SSSR count). The zero-order chi connectivity index (χ0) is 18.8. The van der Waals surface area contributed by atoms with E-state index in [0.717, 1.165) is 33.4 Å².